The zero-order valence-electron chi connectivity index (χ0n) is 13.5. The summed E-state index contributed by atoms with van der Waals surface area (Å²) in [5.74, 6) is 0.506. The first-order valence-electron chi connectivity index (χ1n) is 7.25. The van der Waals surface area contributed by atoms with Crippen LogP contribution in [-0.4, -0.2) is 12.6 Å². The van der Waals surface area contributed by atoms with Crippen LogP contribution in [-0.2, 0) is 10.2 Å². The van der Waals surface area contributed by atoms with E-state index < -0.39 is 5.97 Å². The van der Waals surface area contributed by atoms with Crippen LogP contribution >= 0.6 is 43.5 Å². The molecule has 0 aliphatic heterocycles. The standard InChI is InChI=1S/C18H17Br2ClO3/c1-18(2,3)11-4-6-16(13(19)8-11)24-17(22)10-23-15-7-5-12(21)9-14(15)20/h4-9H,10H2,1-3H3. The summed E-state index contributed by atoms with van der Waals surface area (Å²) in [6.45, 7) is 6.17. The maximum atomic E-state index is 12.0. The normalized spacial score (nSPS) is 11.2. The SMILES string of the molecule is CC(C)(C)c1ccc(OC(=O)COc2ccc(Cl)cc2Br)c(Br)c1. The van der Waals surface area contributed by atoms with Crippen molar-refractivity contribution in [3.63, 3.8) is 0 Å². The van der Waals surface area contributed by atoms with Crippen LogP contribution in [0.4, 0.5) is 0 Å². The third-order valence-corrected chi connectivity index (χ3v) is 4.74. The molecule has 0 saturated carbocycles. The minimum atomic E-state index is -0.485. The fraction of sp³-hybridized carbons (Fsp3) is 0.278. The first-order chi connectivity index (χ1) is 11.2. The number of carbonyl (C=O) groups excluding carboxylic acids is 1. The van der Waals surface area contributed by atoms with Gasteiger partial charge < -0.3 is 9.47 Å². The van der Waals surface area contributed by atoms with Gasteiger partial charge in [-0.2, -0.15) is 0 Å². The second kappa shape index (κ2) is 7.89. The zero-order valence-corrected chi connectivity index (χ0v) is 17.5. The summed E-state index contributed by atoms with van der Waals surface area (Å²) in [4.78, 5) is 12.0. The molecule has 0 spiro atoms. The quantitative estimate of drug-likeness (QED) is 0.392. The number of carbonyl (C=O) groups is 1. The first kappa shape index (κ1) is 19.3. The Bertz CT molecular complexity index is 754. The van der Waals surface area contributed by atoms with Crippen LogP contribution in [0.3, 0.4) is 0 Å². The second-order valence-electron chi connectivity index (χ2n) is 6.23. The molecule has 0 aliphatic carbocycles. The lowest BCUT2D eigenvalue weighted by atomic mass is 9.87. The molecule has 0 amide bonds. The van der Waals surface area contributed by atoms with E-state index in [1.165, 1.54) is 0 Å². The maximum Gasteiger partial charge on any atom is 0.349 e. The van der Waals surface area contributed by atoms with Crippen molar-refractivity contribution >= 4 is 49.4 Å². The van der Waals surface area contributed by atoms with Crippen LogP contribution < -0.4 is 9.47 Å². The molecule has 2 aromatic carbocycles. The number of halogens is 3. The van der Waals surface area contributed by atoms with Crippen molar-refractivity contribution in [2.45, 2.75) is 26.2 Å². The summed E-state index contributed by atoms with van der Waals surface area (Å²) in [5, 5.41) is 0.583. The molecule has 3 nitrogen and oxygen atoms in total. The number of esters is 1. The van der Waals surface area contributed by atoms with Crippen molar-refractivity contribution in [3.8, 4) is 11.5 Å². The van der Waals surface area contributed by atoms with E-state index in [0.29, 0.717) is 21.0 Å². The highest BCUT2D eigenvalue weighted by Gasteiger charge is 2.16. The molecule has 0 fully saturated rings. The molecular formula is C18H17Br2ClO3. The van der Waals surface area contributed by atoms with Crippen LogP contribution in [0.1, 0.15) is 26.3 Å². The van der Waals surface area contributed by atoms with Gasteiger partial charge in [0.15, 0.2) is 6.61 Å². The van der Waals surface area contributed by atoms with E-state index in [9.17, 15) is 4.79 Å². The van der Waals surface area contributed by atoms with Gasteiger partial charge in [0.05, 0.1) is 8.95 Å². The summed E-state index contributed by atoms with van der Waals surface area (Å²) in [5.41, 5.74) is 1.17. The number of rotatable bonds is 4. The molecule has 2 rings (SSSR count). The van der Waals surface area contributed by atoms with Gasteiger partial charge in [-0.3, -0.25) is 0 Å². The molecule has 128 valence electrons. The van der Waals surface area contributed by atoms with E-state index in [4.69, 9.17) is 21.1 Å². The van der Waals surface area contributed by atoms with Gasteiger partial charge in [-0.1, -0.05) is 38.4 Å². The van der Waals surface area contributed by atoms with E-state index >= 15 is 0 Å². The Morgan fingerprint density at radius 1 is 1.04 bits per heavy atom. The third-order valence-electron chi connectivity index (χ3n) is 3.26. The van der Waals surface area contributed by atoms with Gasteiger partial charge >= 0.3 is 5.97 Å². The predicted molar refractivity (Wildman–Crippen MR) is 103 cm³/mol. The predicted octanol–water partition coefficient (Wildman–Crippen LogP) is 6.15. The lowest BCUT2D eigenvalue weighted by molar-refractivity contribution is -0.136. The number of benzene rings is 2. The molecule has 0 N–H and O–H groups in total. The molecule has 0 atom stereocenters. The minimum absolute atomic E-state index is 0.0228. The van der Waals surface area contributed by atoms with E-state index in [1.807, 2.05) is 12.1 Å². The Labute approximate surface area is 163 Å². The molecule has 0 aliphatic rings. The van der Waals surface area contributed by atoms with Crippen molar-refractivity contribution < 1.29 is 14.3 Å². The largest absolute Gasteiger partial charge is 0.481 e. The maximum absolute atomic E-state index is 12.0. The van der Waals surface area contributed by atoms with Crippen LogP contribution in [0, 0.1) is 0 Å². The minimum Gasteiger partial charge on any atom is -0.481 e. The van der Waals surface area contributed by atoms with Crippen LogP contribution in [0.2, 0.25) is 5.02 Å². The van der Waals surface area contributed by atoms with Gasteiger partial charge in [0, 0.05) is 5.02 Å². The third kappa shape index (κ3) is 5.23. The first-order valence-corrected chi connectivity index (χ1v) is 9.22. The lowest BCUT2D eigenvalue weighted by Crippen LogP contribution is -2.18. The molecule has 0 heterocycles. The molecule has 24 heavy (non-hydrogen) atoms. The monoisotopic (exact) mass is 474 g/mol. The van der Waals surface area contributed by atoms with Gasteiger partial charge in [-0.05, 0) is 73.2 Å². The Morgan fingerprint density at radius 2 is 1.67 bits per heavy atom. The van der Waals surface area contributed by atoms with Crippen molar-refractivity contribution in [3.05, 3.63) is 55.9 Å². The van der Waals surface area contributed by atoms with Crippen molar-refractivity contribution in [2.75, 3.05) is 6.61 Å². The van der Waals surface area contributed by atoms with Gasteiger partial charge in [-0.25, -0.2) is 4.79 Å². The van der Waals surface area contributed by atoms with Gasteiger partial charge in [-0.15, -0.1) is 0 Å². The van der Waals surface area contributed by atoms with E-state index in [-0.39, 0.29) is 12.0 Å². The average Bonchev–Trinajstić information content (AvgIpc) is 2.47. The zero-order chi connectivity index (χ0) is 17.9. The number of ether oxygens (including phenoxy) is 2. The Hall–Kier alpha value is -1.04. The topological polar surface area (TPSA) is 35.5 Å². The molecule has 0 aromatic heterocycles. The molecule has 0 radical (unpaired) electrons. The number of hydrogen-bond acceptors (Lipinski definition) is 3. The summed E-state index contributed by atoms with van der Waals surface area (Å²) in [6, 6.07) is 10.8. The molecular weight excluding hydrogens is 459 g/mol. The lowest BCUT2D eigenvalue weighted by Gasteiger charge is -2.20. The molecule has 2 aromatic rings. The van der Waals surface area contributed by atoms with Gasteiger partial charge in [0.2, 0.25) is 0 Å². The average molecular weight is 477 g/mol. The highest BCUT2D eigenvalue weighted by Crippen LogP contribution is 2.32. The molecule has 0 bridgehead atoms. The fourth-order valence-corrected chi connectivity index (χ4v) is 3.19. The van der Waals surface area contributed by atoms with Gasteiger partial charge in [0.1, 0.15) is 11.5 Å². The van der Waals surface area contributed by atoms with Crippen LogP contribution in [0.15, 0.2) is 45.3 Å². The molecule has 0 saturated heterocycles. The van der Waals surface area contributed by atoms with E-state index in [2.05, 4.69) is 52.6 Å². The van der Waals surface area contributed by atoms with E-state index in [0.717, 1.165) is 10.0 Å². The number of hydrogen-bond donors (Lipinski definition) is 0. The summed E-state index contributed by atoms with van der Waals surface area (Å²) < 4.78 is 12.2. The van der Waals surface area contributed by atoms with Crippen molar-refractivity contribution in [2.24, 2.45) is 0 Å². The van der Waals surface area contributed by atoms with Crippen molar-refractivity contribution in [1.82, 2.24) is 0 Å². The highest BCUT2D eigenvalue weighted by molar-refractivity contribution is 9.10. The fourth-order valence-electron chi connectivity index (χ4n) is 1.93. The van der Waals surface area contributed by atoms with Crippen molar-refractivity contribution in [1.29, 1.82) is 0 Å². The second-order valence-corrected chi connectivity index (χ2v) is 8.38. The Balaban J connectivity index is 2.00. The molecule has 0 unspecified atom stereocenters. The Morgan fingerprint density at radius 3 is 2.25 bits per heavy atom. The summed E-state index contributed by atoms with van der Waals surface area (Å²) >= 11 is 12.6. The smallest absolute Gasteiger partial charge is 0.349 e. The van der Waals surface area contributed by atoms with Gasteiger partial charge in [0.25, 0.3) is 0 Å². The highest BCUT2D eigenvalue weighted by atomic mass is 79.9. The summed E-state index contributed by atoms with van der Waals surface area (Å²) in [6.07, 6.45) is 0. The van der Waals surface area contributed by atoms with Crippen LogP contribution in [0.5, 0.6) is 11.5 Å². The van der Waals surface area contributed by atoms with Crippen LogP contribution in [0.25, 0.3) is 0 Å². The molecule has 6 heteroatoms. The van der Waals surface area contributed by atoms with E-state index in [1.54, 1.807) is 24.3 Å². The Kier molecular flexibility index (Phi) is 6.34. The summed E-state index contributed by atoms with van der Waals surface area (Å²) in [7, 11) is 0.